The van der Waals surface area contributed by atoms with Crippen molar-refractivity contribution in [2.75, 3.05) is 30.4 Å². The van der Waals surface area contributed by atoms with E-state index in [1.807, 2.05) is 45.0 Å². The second-order valence-corrected chi connectivity index (χ2v) is 6.87. The van der Waals surface area contributed by atoms with Crippen LogP contribution >= 0.6 is 0 Å². The number of anilines is 2. The third-order valence-corrected chi connectivity index (χ3v) is 4.87. The van der Waals surface area contributed by atoms with Gasteiger partial charge in [0.25, 0.3) is 5.91 Å². The summed E-state index contributed by atoms with van der Waals surface area (Å²) in [6, 6.07) is 12.1. The van der Waals surface area contributed by atoms with Crippen LogP contribution in [0.25, 0.3) is 0 Å². The van der Waals surface area contributed by atoms with E-state index < -0.39 is 0 Å². The Morgan fingerprint density at radius 1 is 1.12 bits per heavy atom. The van der Waals surface area contributed by atoms with Gasteiger partial charge in [-0.05, 0) is 62.6 Å². The van der Waals surface area contributed by atoms with Crippen LogP contribution in [0.1, 0.15) is 33.5 Å². The lowest BCUT2D eigenvalue weighted by Crippen LogP contribution is -2.22. The second kappa shape index (κ2) is 7.28. The van der Waals surface area contributed by atoms with Crippen LogP contribution in [0, 0.1) is 20.8 Å². The molecule has 4 heteroatoms. The highest BCUT2D eigenvalue weighted by Crippen LogP contribution is 2.24. The van der Waals surface area contributed by atoms with Gasteiger partial charge in [0, 0.05) is 37.1 Å². The highest BCUT2D eigenvalue weighted by Gasteiger charge is 2.22. The van der Waals surface area contributed by atoms with Gasteiger partial charge in [0.2, 0.25) is 0 Å². The molecule has 1 aliphatic heterocycles. The van der Waals surface area contributed by atoms with Crippen LogP contribution in [0.2, 0.25) is 0 Å². The molecule has 2 aromatic carbocycles. The van der Waals surface area contributed by atoms with Crippen molar-refractivity contribution in [1.82, 2.24) is 0 Å². The Morgan fingerprint density at radius 3 is 2.32 bits per heavy atom. The average molecular weight is 338 g/mol. The molecule has 2 aromatic rings. The summed E-state index contributed by atoms with van der Waals surface area (Å²) < 4.78 is 5.42. The molecule has 4 nitrogen and oxygen atoms in total. The Hall–Kier alpha value is -2.33. The van der Waals surface area contributed by atoms with Gasteiger partial charge in [0.15, 0.2) is 0 Å². The molecule has 0 radical (unpaired) electrons. The first-order valence-electron chi connectivity index (χ1n) is 8.75. The third-order valence-electron chi connectivity index (χ3n) is 4.87. The fraction of sp³-hybridized carbons (Fsp3) is 0.381. The Kier molecular flexibility index (Phi) is 5.09. The van der Waals surface area contributed by atoms with Gasteiger partial charge in [-0.25, -0.2) is 0 Å². The van der Waals surface area contributed by atoms with Crippen LogP contribution < -0.4 is 10.2 Å². The van der Waals surface area contributed by atoms with Gasteiger partial charge in [-0.15, -0.1) is 0 Å². The van der Waals surface area contributed by atoms with Gasteiger partial charge < -0.3 is 15.0 Å². The van der Waals surface area contributed by atoms with Crippen molar-refractivity contribution in [3.63, 3.8) is 0 Å². The normalized spacial score (nSPS) is 17.0. The summed E-state index contributed by atoms with van der Waals surface area (Å²) in [6.07, 6.45) is 1.37. The van der Waals surface area contributed by atoms with Crippen LogP contribution in [0.3, 0.4) is 0 Å². The lowest BCUT2D eigenvalue weighted by molar-refractivity contribution is 0.102. The summed E-state index contributed by atoms with van der Waals surface area (Å²) in [5.74, 6) is -0.0524. The van der Waals surface area contributed by atoms with Crippen LogP contribution in [0.5, 0.6) is 0 Å². The summed E-state index contributed by atoms with van der Waals surface area (Å²) in [6.45, 7) is 7.94. The van der Waals surface area contributed by atoms with E-state index in [0.717, 1.165) is 41.9 Å². The van der Waals surface area contributed by atoms with Crippen molar-refractivity contribution in [1.29, 1.82) is 0 Å². The summed E-state index contributed by atoms with van der Waals surface area (Å²) >= 11 is 0. The molecule has 0 bridgehead atoms. The molecule has 132 valence electrons. The van der Waals surface area contributed by atoms with E-state index >= 15 is 0 Å². The van der Waals surface area contributed by atoms with E-state index in [1.165, 1.54) is 11.3 Å². The van der Waals surface area contributed by atoms with Gasteiger partial charge in [-0.2, -0.15) is 0 Å². The lowest BCUT2D eigenvalue weighted by Gasteiger charge is -2.19. The number of hydrogen-bond donors (Lipinski definition) is 1. The number of aryl methyl sites for hydroxylation is 3. The quantitative estimate of drug-likeness (QED) is 0.913. The Morgan fingerprint density at radius 2 is 1.76 bits per heavy atom. The number of rotatable bonds is 4. The smallest absolute Gasteiger partial charge is 0.256 e. The zero-order chi connectivity index (χ0) is 18.0. The SMILES string of the molecule is CO[C@@H]1CCN(c2ccc(NC(=O)c3c(C)cc(C)cc3C)cc2)C1. The number of hydrogen-bond acceptors (Lipinski definition) is 3. The Bertz CT molecular complexity index is 745. The monoisotopic (exact) mass is 338 g/mol. The molecule has 3 rings (SSSR count). The fourth-order valence-corrected chi connectivity index (χ4v) is 3.64. The minimum absolute atomic E-state index is 0.0524. The van der Waals surface area contributed by atoms with Crippen molar-refractivity contribution in [2.45, 2.75) is 33.3 Å². The minimum atomic E-state index is -0.0524. The number of methoxy groups -OCH3 is 1. The number of benzene rings is 2. The first kappa shape index (κ1) is 17.5. The molecule has 1 heterocycles. The summed E-state index contributed by atoms with van der Waals surface area (Å²) in [7, 11) is 1.77. The summed E-state index contributed by atoms with van der Waals surface area (Å²) in [5, 5.41) is 3.01. The number of carbonyl (C=O) groups is 1. The molecule has 0 saturated carbocycles. The molecular weight excluding hydrogens is 312 g/mol. The molecule has 0 aliphatic carbocycles. The van der Waals surface area contributed by atoms with Gasteiger partial charge in [0.05, 0.1) is 6.10 Å². The van der Waals surface area contributed by atoms with Gasteiger partial charge in [-0.3, -0.25) is 4.79 Å². The van der Waals surface area contributed by atoms with E-state index in [9.17, 15) is 4.79 Å². The largest absolute Gasteiger partial charge is 0.380 e. The molecule has 0 unspecified atom stereocenters. The van der Waals surface area contributed by atoms with Gasteiger partial charge in [0.1, 0.15) is 0 Å². The number of carbonyl (C=O) groups excluding carboxylic acids is 1. The maximum absolute atomic E-state index is 12.7. The topological polar surface area (TPSA) is 41.6 Å². The molecule has 1 aliphatic rings. The van der Waals surface area contributed by atoms with Crippen molar-refractivity contribution in [3.05, 3.63) is 58.7 Å². The van der Waals surface area contributed by atoms with E-state index in [-0.39, 0.29) is 5.91 Å². The Labute approximate surface area is 149 Å². The van der Waals surface area contributed by atoms with Crippen molar-refractivity contribution in [3.8, 4) is 0 Å². The number of ether oxygens (including phenoxy) is 1. The molecule has 0 aromatic heterocycles. The first-order valence-corrected chi connectivity index (χ1v) is 8.75. The maximum Gasteiger partial charge on any atom is 0.256 e. The molecule has 1 amide bonds. The van der Waals surface area contributed by atoms with Crippen LogP contribution in [0.4, 0.5) is 11.4 Å². The van der Waals surface area contributed by atoms with E-state index in [0.29, 0.717) is 6.10 Å². The first-order chi connectivity index (χ1) is 12.0. The second-order valence-electron chi connectivity index (χ2n) is 6.87. The van der Waals surface area contributed by atoms with Crippen molar-refractivity contribution in [2.24, 2.45) is 0 Å². The standard InChI is InChI=1S/C21H26N2O2/c1-14-11-15(2)20(16(3)12-14)21(24)22-17-5-7-18(8-6-17)23-10-9-19(13-23)25-4/h5-8,11-12,19H,9-10,13H2,1-4H3,(H,22,24)/t19-/m1/s1. The van der Waals surface area contributed by atoms with Crippen LogP contribution in [-0.2, 0) is 4.74 Å². The average Bonchev–Trinajstić information content (AvgIpc) is 3.03. The Balaban J connectivity index is 1.71. The zero-order valence-electron chi connectivity index (χ0n) is 15.4. The maximum atomic E-state index is 12.7. The highest BCUT2D eigenvalue weighted by atomic mass is 16.5. The van der Waals surface area contributed by atoms with Crippen LogP contribution in [-0.4, -0.2) is 32.2 Å². The van der Waals surface area contributed by atoms with Crippen molar-refractivity contribution >= 4 is 17.3 Å². The van der Waals surface area contributed by atoms with E-state index in [2.05, 4.69) is 22.3 Å². The predicted octanol–water partition coefficient (Wildman–Crippen LogP) is 4.09. The predicted molar refractivity (Wildman–Crippen MR) is 103 cm³/mol. The number of nitrogens with zero attached hydrogens (tertiary/aromatic N) is 1. The molecule has 1 atom stereocenters. The minimum Gasteiger partial charge on any atom is -0.380 e. The molecular formula is C21H26N2O2. The summed E-state index contributed by atoms with van der Waals surface area (Å²) in [5.41, 5.74) is 5.94. The van der Waals surface area contributed by atoms with Crippen LogP contribution in [0.15, 0.2) is 36.4 Å². The molecule has 0 spiro atoms. The van der Waals surface area contributed by atoms with E-state index in [1.54, 1.807) is 7.11 Å². The lowest BCUT2D eigenvalue weighted by atomic mass is 9.99. The number of nitrogens with one attached hydrogen (secondary N) is 1. The van der Waals surface area contributed by atoms with E-state index in [4.69, 9.17) is 4.74 Å². The van der Waals surface area contributed by atoms with Gasteiger partial charge >= 0.3 is 0 Å². The summed E-state index contributed by atoms with van der Waals surface area (Å²) in [4.78, 5) is 15.0. The zero-order valence-corrected chi connectivity index (χ0v) is 15.4. The molecule has 1 fully saturated rings. The molecule has 1 N–H and O–H groups in total. The van der Waals surface area contributed by atoms with Crippen molar-refractivity contribution < 1.29 is 9.53 Å². The molecule has 25 heavy (non-hydrogen) atoms. The number of amides is 1. The molecule has 1 saturated heterocycles. The van der Waals surface area contributed by atoms with Gasteiger partial charge in [-0.1, -0.05) is 17.7 Å². The highest BCUT2D eigenvalue weighted by molar-refractivity contribution is 6.06. The fourth-order valence-electron chi connectivity index (χ4n) is 3.64. The third kappa shape index (κ3) is 3.85.